The molecular formula is C13H9NO5S. The normalized spacial score (nSPS) is 11.8. The zero-order valence-corrected chi connectivity index (χ0v) is 10.9. The lowest BCUT2D eigenvalue weighted by Gasteiger charge is -2.05. The summed E-state index contributed by atoms with van der Waals surface area (Å²) in [6, 6.07) is 11.1. The number of carbonyl (C=O) groups is 1. The van der Waals surface area contributed by atoms with Crippen molar-refractivity contribution in [3.8, 4) is 0 Å². The van der Waals surface area contributed by atoms with Crippen LogP contribution in [0.25, 0.3) is 0 Å². The van der Waals surface area contributed by atoms with E-state index in [1.165, 1.54) is 36.4 Å². The van der Waals surface area contributed by atoms with Gasteiger partial charge in [0.15, 0.2) is 0 Å². The molecule has 6 nitrogen and oxygen atoms in total. The van der Waals surface area contributed by atoms with Gasteiger partial charge in [-0.3, -0.25) is 10.1 Å². The summed E-state index contributed by atoms with van der Waals surface area (Å²) < 4.78 is 12.3. The van der Waals surface area contributed by atoms with Gasteiger partial charge in [-0.15, -0.1) is 0 Å². The minimum absolute atomic E-state index is 0.0517. The monoisotopic (exact) mass is 291 g/mol. The van der Waals surface area contributed by atoms with E-state index in [4.69, 9.17) is 5.11 Å². The summed E-state index contributed by atoms with van der Waals surface area (Å²) in [7, 11) is -1.70. The van der Waals surface area contributed by atoms with Gasteiger partial charge in [-0.2, -0.15) is 0 Å². The molecule has 0 saturated carbocycles. The number of carboxylic acid groups (broad SMARTS) is 1. The Bertz CT molecular complexity index is 696. The fourth-order valence-corrected chi connectivity index (χ4v) is 2.82. The highest BCUT2D eigenvalue weighted by Gasteiger charge is 2.16. The van der Waals surface area contributed by atoms with Gasteiger partial charge in [0.2, 0.25) is 0 Å². The molecule has 2 rings (SSSR count). The predicted molar refractivity (Wildman–Crippen MR) is 71.2 cm³/mol. The first-order chi connectivity index (χ1) is 9.50. The van der Waals surface area contributed by atoms with E-state index in [0.717, 1.165) is 0 Å². The van der Waals surface area contributed by atoms with Crippen molar-refractivity contribution in [2.75, 3.05) is 0 Å². The maximum absolute atomic E-state index is 12.3. The van der Waals surface area contributed by atoms with Crippen LogP contribution in [0.1, 0.15) is 10.4 Å². The van der Waals surface area contributed by atoms with Gasteiger partial charge in [-0.25, -0.2) is 9.00 Å². The molecule has 0 aliphatic heterocycles. The molecule has 0 radical (unpaired) electrons. The molecule has 0 bridgehead atoms. The summed E-state index contributed by atoms with van der Waals surface area (Å²) in [5, 5.41) is 19.6. The third kappa shape index (κ3) is 2.72. The number of carboxylic acids is 1. The minimum Gasteiger partial charge on any atom is -0.478 e. The van der Waals surface area contributed by atoms with E-state index < -0.39 is 21.7 Å². The Kier molecular flexibility index (Phi) is 3.90. The average molecular weight is 291 g/mol. The molecule has 0 aromatic heterocycles. The summed E-state index contributed by atoms with van der Waals surface area (Å²) in [6.07, 6.45) is 0. The highest BCUT2D eigenvalue weighted by Crippen LogP contribution is 2.22. The van der Waals surface area contributed by atoms with Gasteiger partial charge in [0.25, 0.3) is 5.69 Å². The highest BCUT2D eigenvalue weighted by atomic mass is 32.2. The lowest BCUT2D eigenvalue weighted by molar-refractivity contribution is -0.384. The molecule has 1 atom stereocenters. The SMILES string of the molecule is O=C(O)c1ccccc1S(=O)c1ccc([N+](=O)[O-])cc1. The van der Waals surface area contributed by atoms with Crippen LogP contribution < -0.4 is 0 Å². The van der Waals surface area contributed by atoms with Gasteiger partial charge in [-0.1, -0.05) is 12.1 Å². The number of rotatable bonds is 4. The molecule has 2 aromatic carbocycles. The van der Waals surface area contributed by atoms with Crippen molar-refractivity contribution in [3.63, 3.8) is 0 Å². The van der Waals surface area contributed by atoms with Gasteiger partial charge in [0.05, 0.1) is 26.2 Å². The average Bonchev–Trinajstić information content (AvgIpc) is 2.46. The van der Waals surface area contributed by atoms with Crippen LogP contribution in [-0.4, -0.2) is 20.2 Å². The maximum Gasteiger partial charge on any atom is 0.336 e. The largest absolute Gasteiger partial charge is 0.478 e. The quantitative estimate of drug-likeness (QED) is 0.689. The van der Waals surface area contributed by atoms with Crippen LogP contribution in [0.5, 0.6) is 0 Å². The van der Waals surface area contributed by atoms with Gasteiger partial charge < -0.3 is 5.11 Å². The van der Waals surface area contributed by atoms with Gasteiger partial charge in [0.1, 0.15) is 0 Å². The number of nitro benzene ring substituents is 1. The maximum atomic E-state index is 12.3. The smallest absolute Gasteiger partial charge is 0.336 e. The number of hydrogen-bond acceptors (Lipinski definition) is 4. The Hall–Kier alpha value is -2.54. The number of aromatic carboxylic acids is 1. The van der Waals surface area contributed by atoms with Crippen LogP contribution in [0, 0.1) is 10.1 Å². The molecule has 0 spiro atoms. The van der Waals surface area contributed by atoms with Crippen molar-refractivity contribution in [2.24, 2.45) is 0 Å². The Morgan fingerprint density at radius 3 is 2.25 bits per heavy atom. The molecule has 1 N–H and O–H groups in total. The van der Waals surface area contributed by atoms with Gasteiger partial charge >= 0.3 is 5.97 Å². The van der Waals surface area contributed by atoms with Crippen molar-refractivity contribution in [2.45, 2.75) is 9.79 Å². The zero-order valence-electron chi connectivity index (χ0n) is 10.1. The Morgan fingerprint density at radius 2 is 1.70 bits per heavy atom. The molecule has 2 aromatic rings. The molecule has 0 aliphatic rings. The molecule has 0 heterocycles. The molecule has 102 valence electrons. The van der Waals surface area contributed by atoms with E-state index in [9.17, 15) is 19.1 Å². The molecule has 0 amide bonds. The summed E-state index contributed by atoms with van der Waals surface area (Å²) in [4.78, 5) is 21.5. The van der Waals surface area contributed by atoms with Crippen molar-refractivity contribution in [1.29, 1.82) is 0 Å². The summed E-state index contributed by atoms with van der Waals surface area (Å²) in [6.45, 7) is 0. The van der Waals surface area contributed by atoms with Crippen LogP contribution in [0.3, 0.4) is 0 Å². The second kappa shape index (κ2) is 5.62. The van der Waals surface area contributed by atoms with Gasteiger partial charge in [0, 0.05) is 17.0 Å². The van der Waals surface area contributed by atoms with Crippen LogP contribution in [-0.2, 0) is 10.8 Å². The summed E-state index contributed by atoms with van der Waals surface area (Å²) in [5.74, 6) is -1.17. The van der Waals surface area contributed by atoms with Crippen LogP contribution in [0.2, 0.25) is 0 Å². The van der Waals surface area contributed by atoms with Crippen LogP contribution in [0.15, 0.2) is 58.3 Å². The first kappa shape index (κ1) is 13.9. The van der Waals surface area contributed by atoms with E-state index in [-0.39, 0.29) is 16.1 Å². The molecule has 0 saturated heterocycles. The first-order valence-electron chi connectivity index (χ1n) is 5.49. The first-order valence-corrected chi connectivity index (χ1v) is 6.64. The van der Waals surface area contributed by atoms with E-state index >= 15 is 0 Å². The number of benzene rings is 2. The van der Waals surface area contributed by atoms with Crippen molar-refractivity contribution in [1.82, 2.24) is 0 Å². The van der Waals surface area contributed by atoms with E-state index in [2.05, 4.69) is 0 Å². The molecule has 7 heteroatoms. The van der Waals surface area contributed by atoms with Crippen molar-refractivity contribution < 1.29 is 19.0 Å². The third-order valence-electron chi connectivity index (χ3n) is 2.58. The Morgan fingerprint density at radius 1 is 1.10 bits per heavy atom. The number of hydrogen-bond donors (Lipinski definition) is 1. The number of nitrogens with zero attached hydrogens (tertiary/aromatic N) is 1. The fourth-order valence-electron chi connectivity index (χ4n) is 1.62. The highest BCUT2D eigenvalue weighted by molar-refractivity contribution is 7.85. The lowest BCUT2D eigenvalue weighted by atomic mass is 10.2. The Balaban J connectivity index is 2.41. The summed E-state index contributed by atoms with van der Waals surface area (Å²) in [5.41, 5.74) is -0.165. The molecular weight excluding hydrogens is 282 g/mol. The molecule has 0 aliphatic carbocycles. The zero-order chi connectivity index (χ0) is 14.7. The topological polar surface area (TPSA) is 97.5 Å². The number of non-ortho nitro benzene ring substituents is 1. The van der Waals surface area contributed by atoms with Crippen LogP contribution in [0.4, 0.5) is 5.69 Å². The van der Waals surface area contributed by atoms with Crippen molar-refractivity contribution >= 4 is 22.5 Å². The standard InChI is InChI=1S/C13H9NO5S/c15-13(16)11-3-1-2-4-12(11)20(19)10-7-5-9(6-8-10)14(17)18/h1-8H,(H,15,16). The van der Waals surface area contributed by atoms with E-state index in [1.807, 2.05) is 0 Å². The Labute approximate surface area is 116 Å². The molecule has 1 unspecified atom stereocenters. The third-order valence-corrected chi connectivity index (χ3v) is 4.03. The minimum atomic E-state index is -1.70. The second-order valence-corrected chi connectivity index (χ2v) is 5.27. The lowest BCUT2D eigenvalue weighted by Crippen LogP contribution is -2.04. The fraction of sp³-hybridized carbons (Fsp3) is 0. The molecule has 0 fully saturated rings. The summed E-state index contributed by atoms with van der Waals surface area (Å²) >= 11 is 0. The van der Waals surface area contributed by atoms with Crippen LogP contribution >= 0.6 is 0 Å². The van der Waals surface area contributed by atoms with Gasteiger partial charge in [-0.05, 0) is 24.3 Å². The second-order valence-electron chi connectivity index (χ2n) is 3.82. The predicted octanol–water partition coefficient (Wildman–Crippen LogP) is 2.46. The molecule has 20 heavy (non-hydrogen) atoms. The van der Waals surface area contributed by atoms with E-state index in [0.29, 0.717) is 4.90 Å². The number of nitro groups is 1. The van der Waals surface area contributed by atoms with E-state index in [1.54, 1.807) is 12.1 Å². The van der Waals surface area contributed by atoms with Crippen molar-refractivity contribution in [3.05, 3.63) is 64.2 Å².